The molecule has 1 saturated carbocycles. The molecule has 2 N–H and O–H groups in total. The fourth-order valence-electron chi connectivity index (χ4n) is 3.55. The van der Waals surface area contributed by atoms with Crippen LogP contribution in [0.15, 0.2) is 48.5 Å². The summed E-state index contributed by atoms with van der Waals surface area (Å²) in [6.45, 7) is 1.44. The number of methoxy groups -OCH3 is 1. The van der Waals surface area contributed by atoms with Crippen molar-refractivity contribution in [3.8, 4) is 11.5 Å². The van der Waals surface area contributed by atoms with Crippen molar-refractivity contribution in [2.75, 3.05) is 12.4 Å². The molecule has 2 aromatic rings. The van der Waals surface area contributed by atoms with Crippen LogP contribution < -0.4 is 20.1 Å². The molecule has 1 atom stereocenters. The van der Waals surface area contributed by atoms with Gasteiger partial charge in [-0.3, -0.25) is 9.59 Å². The molecule has 1 aliphatic rings. The van der Waals surface area contributed by atoms with Crippen molar-refractivity contribution < 1.29 is 19.1 Å². The molecule has 6 nitrogen and oxygen atoms in total. The van der Waals surface area contributed by atoms with E-state index in [1.807, 2.05) is 48.5 Å². The number of anilines is 1. The maximum atomic E-state index is 12.5. The van der Waals surface area contributed by atoms with Gasteiger partial charge in [-0.1, -0.05) is 12.1 Å². The molecule has 0 radical (unpaired) electrons. The van der Waals surface area contributed by atoms with Crippen molar-refractivity contribution in [3.05, 3.63) is 54.1 Å². The lowest BCUT2D eigenvalue weighted by Crippen LogP contribution is -2.29. The fourth-order valence-corrected chi connectivity index (χ4v) is 3.55. The molecule has 0 bridgehead atoms. The van der Waals surface area contributed by atoms with Crippen molar-refractivity contribution in [3.63, 3.8) is 0 Å². The van der Waals surface area contributed by atoms with Gasteiger partial charge in [0.15, 0.2) is 0 Å². The summed E-state index contributed by atoms with van der Waals surface area (Å²) in [5.74, 6) is 1.18. The van der Waals surface area contributed by atoms with E-state index in [1.165, 1.54) is 19.8 Å². The first kappa shape index (κ1) is 20.7. The van der Waals surface area contributed by atoms with Crippen LogP contribution in [0.3, 0.4) is 0 Å². The number of rotatable bonds is 8. The highest BCUT2D eigenvalue weighted by atomic mass is 16.5. The van der Waals surface area contributed by atoms with Gasteiger partial charge in [-0.15, -0.1) is 0 Å². The predicted octanol–water partition coefficient (Wildman–Crippen LogP) is 4.22. The molecule has 0 aromatic heterocycles. The lowest BCUT2D eigenvalue weighted by molar-refractivity contribution is -0.120. The highest BCUT2D eigenvalue weighted by molar-refractivity contribution is 5.91. The summed E-state index contributed by atoms with van der Waals surface area (Å²) in [6, 6.07) is 14.3. The summed E-state index contributed by atoms with van der Waals surface area (Å²) in [6.07, 6.45) is 5.10. The monoisotopic (exact) mass is 396 g/mol. The second kappa shape index (κ2) is 9.96. The van der Waals surface area contributed by atoms with E-state index in [0.29, 0.717) is 11.8 Å². The zero-order valence-corrected chi connectivity index (χ0v) is 16.9. The normalized spacial score (nSPS) is 14.8. The Morgan fingerprint density at radius 2 is 1.62 bits per heavy atom. The highest BCUT2D eigenvalue weighted by Crippen LogP contribution is 2.25. The Bertz CT molecular complexity index is 812. The zero-order chi connectivity index (χ0) is 20.6. The van der Waals surface area contributed by atoms with Crippen molar-refractivity contribution in [1.29, 1.82) is 0 Å². The zero-order valence-electron chi connectivity index (χ0n) is 16.9. The van der Waals surface area contributed by atoms with Gasteiger partial charge in [0.05, 0.1) is 25.7 Å². The topological polar surface area (TPSA) is 76.7 Å². The molecule has 29 heavy (non-hydrogen) atoms. The van der Waals surface area contributed by atoms with E-state index in [4.69, 9.17) is 9.47 Å². The molecule has 1 aliphatic carbocycles. The van der Waals surface area contributed by atoms with Gasteiger partial charge in [0, 0.05) is 12.6 Å². The summed E-state index contributed by atoms with van der Waals surface area (Å²) >= 11 is 0. The van der Waals surface area contributed by atoms with Gasteiger partial charge in [0.1, 0.15) is 11.5 Å². The van der Waals surface area contributed by atoms with Gasteiger partial charge in [0.2, 0.25) is 11.8 Å². The van der Waals surface area contributed by atoms with Crippen LogP contribution in [0.2, 0.25) is 0 Å². The second-order valence-corrected chi connectivity index (χ2v) is 7.33. The Morgan fingerprint density at radius 3 is 2.21 bits per heavy atom. The standard InChI is InChI=1S/C23H28N2O4/c1-16(26)24-22(17-7-11-19(28-2)12-8-17)15-23(27)25-18-9-13-21(14-10-18)29-20-5-3-4-6-20/h7-14,20,22H,3-6,15H2,1-2H3,(H,24,26)(H,25,27). The van der Waals surface area contributed by atoms with Crippen LogP contribution >= 0.6 is 0 Å². The summed E-state index contributed by atoms with van der Waals surface area (Å²) in [5, 5.41) is 5.73. The summed E-state index contributed by atoms with van der Waals surface area (Å²) in [5.41, 5.74) is 1.54. The summed E-state index contributed by atoms with van der Waals surface area (Å²) in [7, 11) is 1.60. The average Bonchev–Trinajstić information content (AvgIpc) is 3.22. The third-order valence-electron chi connectivity index (χ3n) is 5.03. The SMILES string of the molecule is COc1ccc(C(CC(=O)Nc2ccc(OC3CCCC3)cc2)NC(C)=O)cc1. The Balaban J connectivity index is 1.59. The third kappa shape index (κ3) is 6.24. The minimum absolute atomic E-state index is 0.131. The Hall–Kier alpha value is -3.02. The van der Waals surface area contributed by atoms with E-state index in [9.17, 15) is 9.59 Å². The number of amides is 2. The molecule has 2 aromatic carbocycles. The molecular weight excluding hydrogens is 368 g/mol. The van der Waals surface area contributed by atoms with E-state index >= 15 is 0 Å². The molecular formula is C23H28N2O4. The number of benzene rings is 2. The smallest absolute Gasteiger partial charge is 0.226 e. The number of hydrogen-bond acceptors (Lipinski definition) is 4. The Morgan fingerprint density at radius 1 is 1.00 bits per heavy atom. The summed E-state index contributed by atoms with van der Waals surface area (Å²) < 4.78 is 11.1. The van der Waals surface area contributed by atoms with Crippen LogP contribution in [-0.4, -0.2) is 25.0 Å². The van der Waals surface area contributed by atoms with Crippen LogP contribution in [0, 0.1) is 0 Å². The quantitative estimate of drug-likeness (QED) is 0.700. The molecule has 0 heterocycles. The Kier molecular flexibility index (Phi) is 7.11. The largest absolute Gasteiger partial charge is 0.497 e. The summed E-state index contributed by atoms with van der Waals surface area (Å²) in [4.78, 5) is 24.1. The molecule has 1 fully saturated rings. The van der Waals surface area contributed by atoms with E-state index < -0.39 is 6.04 Å². The molecule has 1 unspecified atom stereocenters. The van der Waals surface area contributed by atoms with Crippen molar-refractivity contribution in [2.45, 2.75) is 51.2 Å². The molecule has 154 valence electrons. The molecule has 0 spiro atoms. The van der Waals surface area contributed by atoms with Crippen LogP contribution in [0.25, 0.3) is 0 Å². The van der Waals surface area contributed by atoms with E-state index in [1.54, 1.807) is 7.11 Å². The number of hydrogen-bond donors (Lipinski definition) is 2. The first-order valence-electron chi connectivity index (χ1n) is 10.0. The van der Waals surface area contributed by atoms with Crippen LogP contribution in [0.1, 0.15) is 50.6 Å². The fraction of sp³-hybridized carbons (Fsp3) is 0.391. The molecule has 3 rings (SSSR count). The van der Waals surface area contributed by atoms with E-state index in [2.05, 4.69) is 10.6 Å². The average molecular weight is 396 g/mol. The lowest BCUT2D eigenvalue weighted by Gasteiger charge is -2.18. The third-order valence-corrected chi connectivity index (χ3v) is 5.03. The van der Waals surface area contributed by atoms with Gasteiger partial charge in [-0.2, -0.15) is 0 Å². The van der Waals surface area contributed by atoms with Crippen LogP contribution in [-0.2, 0) is 9.59 Å². The van der Waals surface area contributed by atoms with E-state index in [-0.39, 0.29) is 18.2 Å². The van der Waals surface area contributed by atoms with E-state index in [0.717, 1.165) is 29.9 Å². The number of carbonyl (C=O) groups is 2. The molecule has 0 aliphatic heterocycles. The maximum Gasteiger partial charge on any atom is 0.226 e. The van der Waals surface area contributed by atoms with Crippen molar-refractivity contribution in [2.24, 2.45) is 0 Å². The highest BCUT2D eigenvalue weighted by Gasteiger charge is 2.18. The maximum absolute atomic E-state index is 12.5. The molecule has 2 amide bonds. The minimum Gasteiger partial charge on any atom is -0.497 e. The first-order chi connectivity index (χ1) is 14.0. The molecule has 0 saturated heterocycles. The van der Waals surface area contributed by atoms with Gasteiger partial charge in [-0.25, -0.2) is 0 Å². The number of carbonyl (C=O) groups excluding carboxylic acids is 2. The Labute approximate surface area is 171 Å². The first-order valence-corrected chi connectivity index (χ1v) is 10.0. The van der Waals surface area contributed by atoms with Crippen molar-refractivity contribution in [1.82, 2.24) is 5.32 Å². The minimum atomic E-state index is -0.414. The second-order valence-electron chi connectivity index (χ2n) is 7.33. The van der Waals surface area contributed by atoms with Gasteiger partial charge >= 0.3 is 0 Å². The molecule has 6 heteroatoms. The number of nitrogens with one attached hydrogen (secondary N) is 2. The van der Waals surface area contributed by atoms with Crippen LogP contribution in [0.5, 0.6) is 11.5 Å². The number of ether oxygens (including phenoxy) is 2. The van der Waals surface area contributed by atoms with Crippen molar-refractivity contribution >= 4 is 17.5 Å². The van der Waals surface area contributed by atoms with Gasteiger partial charge < -0.3 is 20.1 Å². The van der Waals surface area contributed by atoms with Gasteiger partial charge in [0.25, 0.3) is 0 Å². The lowest BCUT2D eigenvalue weighted by atomic mass is 10.0. The van der Waals surface area contributed by atoms with Crippen LogP contribution in [0.4, 0.5) is 5.69 Å². The van der Waals surface area contributed by atoms with Gasteiger partial charge in [-0.05, 0) is 67.6 Å². The predicted molar refractivity (Wildman–Crippen MR) is 112 cm³/mol.